The predicted octanol–water partition coefficient (Wildman–Crippen LogP) is 4.59. The number of carbonyl (C=O) groups excluding carboxylic acids is 1. The fraction of sp³-hybridized carbons (Fsp3) is 0.929. The van der Waals surface area contributed by atoms with Gasteiger partial charge in [-0.2, -0.15) is 0 Å². The Morgan fingerprint density at radius 2 is 1.74 bits per heavy atom. The summed E-state index contributed by atoms with van der Waals surface area (Å²) >= 11 is 0. The second kappa shape index (κ2) is 9.85. The Kier molecular flexibility index (Phi) is 7.52. The summed E-state index contributed by atoms with van der Waals surface area (Å²) in [4.78, 5) is 24.2. The molecule has 0 saturated heterocycles. The number of hydrogen-bond donors (Lipinski definition) is 4. The van der Waals surface area contributed by atoms with Gasteiger partial charge in [0, 0.05) is 17.9 Å². The van der Waals surface area contributed by atoms with Crippen LogP contribution in [-0.2, 0) is 9.53 Å². The van der Waals surface area contributed by atoms with E-state index in [9.17, 15) is 24.9 Å². The van der Waals surface area contributed by atoms with E-state index in [1.54, 1.807) is 0 Å². The number of amides is 1. The molecule has 0 aromatic carbocycles. The van der Waals surface area contributed by atoms with Crippen molar-refractivity contribution in [2.24, 2.45) is 46.3 Å². The van der Waals surface area contributed by atoms with Crippen LogP contribution in [0.3, 0.4) is 0 Å². The van der Waals surface area contributed by atoms with Gasteiger partial charge in [-0.3, -0.25) is 4.79 Å². The Bertz CT molecular complexity index is 802. The van der Waals surface area contributed by atoms with Crippen LogP contribution in [0.5, 0.6) is 0 Å². The van der Waals surface area contributed by atoms with Gasteiger partial charge in [-0.25, -0.2) is 4.79 Å². The number of aliphatic hydroxyl groups excluding tert-OH is 2. The van der Waals surface area contributed by atoms with Crippen molar-refractivity contribution >= 4 is 12.1 Å². The number of rotatable bonds is 6. The zero-order valence-corrected chi connectivity index (χ0v) is 22.2. The highest BCUT2D eigenvalue weighted by Crippen LogP contribution is 2.69. The molecule has 0 aromatic rings. The molecule has 4 N–H and O–H groups in total. The van der Waals surface area contributed by atoms with Gasteiger partial charge in [-0.05, 0) is 106 Å². The molecule has 7 nitrogen and oxygen atoms in total. The highest BCUT2D eigenvalue weighted by molar-refractivity contribution is 5.68. The molecule has 0 bridgehead atoms. The normalized spacial score (nSPS) is 45.7. The number of carboxylic acids is 1. The lowest BCUT2D eigenvalue weighted by Crippen LogP contribution is -2.63. The third-order valence-corrected chi connectivity index (χ3v) is 11.0. The van der Waals surface area contributed by atoms with Gasteiger partial charge in [0.05, 0.1) is 12.2 Å². The number of ether oxygens (including phenoxy) is 1. The Morgan fingerprint density at radius 1 is 1.03 bits per heavy atom. The molecule has 4 saturated carbocycles. The molecule has 35 heavy (non-hydrogen) atoms. The summed E-state index contributed by atoms with van der Waals surface area (Å²) in [6.45, 7) is 10.6. The fourth-order valence-corrected chi connectivity index (χ4v) is 9.23. The molecule has 4 rings (SSSR count). The summed E-state index contributed by atoms with van der Waals surface area (Å²) in [6.07, 6.45) is 5.29. The first-order valence-corrected chi connectivity index (χ1v) is 13.9. The summed E-state index contributed by atoms with van der Waals surface area (Å²) in [5, 5.41) is 34.1. The average molecular weight is 494 g/mol. The molecule has 0 aliphatic heterocycles. The van der Waals surface area contributed by atoms with Crippen molar-refractivity contribution in [1.82, 2.24) is 5.32 Å². The maximum Gasteiger partial charge on any atom is 0.407 e. The molecule has 0 unspecified atom stereocenters. The maximum atomic E-state index is 12.9. The number of aliphatic carboxylic acids is 1. The lowest BCUT2D eigenvalue weighted by atomic mass is 9.43. The van der Waals surface area contributed by atoms with E-state index in [2.05, 4.69) is 26.1 Å². The Balaban J connectivity index is 1.68. The topological polar surface area (TPSA) is 116 Å². The van der Waals surface area contributed by atoms with Crippen molar-refractivity contribution in [2.45, 2.75) is 117 Å². The van der Waals surface area contributed by atoms with E-state index in [4.69, 9.17) is 4.74 Å². The number of aliphatic hydroxyl groups is 2. The highest BCUT2D eigenvalue weighted by Gasteiger charge is 2.66. The second-order valence-corrected chi connectivity index (χ2v) is 13.1. The van der Waals surface area contributed by atoms with Gasteiger partial charge < -0.3 is 25.4 Å². The van der Waals surface area contributed by atoms with Gasteiger partial charge in [0.15, 0.2) is 0 Å². The molecular formula is C28H47NO6. The monoisotopic (exact) mass is 493 g/mol. The van der Waals surface area contributed by atoms with Crippen LogP contribution in [0.1, 0.15) is 92.4 Å². The first-order valence-electron chi connectivity index (χ1n) is 13.9. The number of nitrogens with one attached hydrogen (secondary N) is 1. The van der Waals surface area contributed by atoms with Gasteiger partial charge in [0.1, 0.15) is 6.10 Å². The lowest BCUT2D eigenvalue weighted by molar-refractivity contribution is -0.206. The molecule has 0 heterocycles. The van der Waals surface area contributed by atoms with Gasteiger partial charge in [0.2, 0.25) is 0 Å². The first-order chi connectivity index (χ1) is 16.4. The van der Waals surface area contributed by atoms with Crippen LogP contribution in [0.25, 0.3) is 0 Å². The number of hydrogen-bond acceptors (Lipinski definition) is 5. The molecular weight excluding hydrogens is 446 g/mol. The molecule has 200 valence electrons. The molecule has 4 fully saturated rings. The molecule has 11 atom stereocenters. The summed E-state index contributed by atoms with van der Waals surface area (Å²) in [6, 6.07) is -0.0189. The van der Waals surface area contributed by atoms with Gasteiger partial charge in [-0.1, -0.05) is 20.8 Å². The molecule has 0 radical (unpaired) electrons. The minimum atomic E-state index is -0.773. The summed E-state index contributed by atoms with van der Waals surface area (Å²) < 4.78 is 6.26. The van der Waals surface area contributed by atoms with Crippen molar-refractivity contribution in [2.75, 3.05) is 0 Å². The van der Waals surface area contributed by atoms with Gasteiger partial charge in [-0.15, -0.1) is 0 Å². The number of carboxylic acid groups (broad SMARTS) is 1. The summed E-state index contributed by atoms with van der Waals surface area (Å²) in [7, 11) is 0. The third-order valence-electron chi connectivity index (χ3n) is 11.0. The number of fused-ring (bicyclic) bond motifs is 5. The molecule has 4 aliphatic rings. The van der Waals surface area contributed by atoms with Crippen LogP contribution >= 0.6 is 0 Å². The van der Waals surface area contributed by atoms with Gasteiger partial charge >= 0.3 is 12.1 Å². The second-order valence-electron chi connectivity index (χ2n) is 13.1. The zero-order valence-electron chi connectivity index (χ0n) is 22.2. The number of alkyl carbamates (subject to hydrolysis) is 1. The van der Waals surface area contributed by atoms with Crippen molar-refractivity contribution in [1.29, 1.82) is 0 Å². The Labute approximate surface area is 210 Å². The third kappa shape index (κ3) is 4.72. The fourth-order valence-electron chi connectivity index (χ4n) is 9.23. The van der Waals surface area contributed by atoms with E-state index in [-0.39, 0.29) is 77.1 Å². The molecule has 4 aliphatic carbocycles. The van der Waals surface area contributed by atoms with Crippen LogP contribution in [0.2, 0.25) is 0 Å². The van der Waals surface area contributed by atoms with Crippen LogP contribution in [0.4, 0.5) is 4.79 Å². The Hall–Kier alpha value is -1.34. The molecule has 0 spiro atoms. The van der Waals surface area contributed by atoms with Crippen LogP contribution in [0, 0.1) is 46.3 Å². The molecule has 7 heteroatoms. The molecule has 1 amide bonds. The zero-order chi connectivity index (χ0) is 25.7. The smallest absolute Gasteiger partial charge is 0.407 e. The van der Waals surface area contributed by atoms with E-state index in [1.165, 1.54) is 0 Å². The quantitative estimate of drug-likeness (QED) is 0.430. The SMILES string of the molecule is CC(C)NC(=O)O[C@H]1C[C@H]2[C@@H]([C@H](O)C[C@@H]3C[C@H](O)CC[C@@]32C)[C@@H]2CC[C@H]([C@H](C)CCC(=O)O)[C@@]12C. The van der Waals surface area contributed by atoms with Crippen molar-refractivity contribution in [3.05, 3.63) is 0 Å². The van der Waals surface area contributed by atoms with E-state index < -0.39 is 12.1 Å². The minimum Gasteiger partial charge on any atom is -0.481 e. The van der Waals surface area contributed by atoms with E-state index in [1.807, 2.05) is 13.8 Å². The maximum absolute atomic E-state index is 12.9. The van der Waals surface area contributed by atoms with Crippen molar-refractivity contribution in [3.8, 4) is 0 Å². The van der Waals surface area contributed by atoms with Gasteiger partial charge in [0.25, 0.3) is 0 Å². The summed E-state index contributed by atoms with van der Waals surface area (Å²) in [5.74, 6) is 0.582. The predicted molar refractivity (Wildman–Crippen MR) is 133 cm³/mol. The highest BCUT2D eigenvalue weighted by atomic mass is 16.6. The average Bonchev–Trinajstić information content (AvgIpc) is 3.11. The lowest BCUT2D eigenvalue weighted by Gasteiger charge is -2.63. The van der Waals surface area contributed by atoms with Crippen LogP contribution in [-0.4, -0.2) is 51.7 Å². The minimum absolute atomic E-state index is 0.0189. The van der Waals surface area contributed by atoms with E-state index >= 15 is 0 Å². The van der Waals surface area contributed by atoms with E-state index in [0.29, 0.717) is 6.42 Å². The molecule has 0 aromatic heterocycles. The largest absolute Gasteiger partial charge is 0.481 e. The first kappa shape index (κ1) is 26.7. The Morgan fingerprint density at radius 3 is 2.40 bits per heavy atom. The number of carbonyl (C=O) groups is 2. The van der Waals surface area contributed by atoms with Crippen LogP contribution in [0.15, 0.2) is 0 Å². The van der Waals surface area contributed by atoms with E-state index in [0.717, 1.165) is 44.9 Å². The summed E-state index contributed by atoms with van der Waals surface area (Å²) in [5.41, 5.74) is -0.278. The van der Waals surface area contributed by atoms with Crippen LogP contribution < -0.4 is 5.32 Å². The standard InChI is InChI=1S/C28H47NO6/c1-15(2)29-26(34)35-23-14-21-25(22(31)13-17-12-18(30)10-11-27(17,21)4)20-8-7-19(28(20,23)5)16(3)6-9-24(32)33/h15-23,25,30-31H,6-14H2,1-5H3,(H,29,34)(H,32,33)/t16-,17+,18-,19-,20+,21+,22-,23+,25+,27+,28-/m1/s1. The van der Waals surface area contributed by atoms with Crippen molar-refractivity contribution < 1.29 is 29.6 Å². The van der Waals surface area contributed by atoms with Crippen molar-refractivity contribution in [3.63, 3.8) is 0 Å².